The summed E-state index contributed by atoms with van der Waals surface area (Å²) in [5.41, 5.74) is 0. The van der Waals surface area contributed by atoms with Crippen LogP contribution in [0.1, 0.15) is 51.8 Å². The highest BCUT2D eigenvalue weighted by molar-refractivity contribution is 5.47. The van der Waals surface area contributed by atoms with Crippen molar-refractivity contribution in [1.82, 2.24) is 9.97 Å². The summed E-state index contributed by atoms with van der Waals surface area (Å²) in [7, 11) is 0. The van der Waals surface area contributed by atoms with Crippen molar-refractivity contribution in [1.29, 1.82) is 0 Å². The molecule has 3 N–H and O–H groups in total. The van der Waals surface area contributed by atoms with Crippen molar-refractivity contribution in [3.63, 3.8) is 0 Å². The number of hydrogen-bond acceptors (Lipinski definition) is 5. The molecule has 0 aliphatic heterocycles. The molecule has 1 aliphatic carbocycles. The van der Waals surface area contributed by atoms with E-state index in [-0.39, 0.29) is 6.10 Å². The van der Waals surface area contributed by atoms with E-state index in [0.29, 0.717) is 11.8 Å². The van der Waals surface area contributed by atoms with Crippen LogP contribution in [0.4, 0.5) is 11.6 Å². The van der Waals surface area contributed by atoms with Gasteiger partial charge >= 0.3 is 0 Å². The van der Waals surface area contributed by atoms with Crippen LogP contribution in [0.2, 0.25) is 0 Å². The molecule has 0 aromatic carbocycles. The molecule has 112 valence electrons. The first kappa shape index (κ1) is 15.0. The minimum Gasteiger partial charge on any atom is -0.393 e. The van der Waals surface area contributed by atoms with Gasteiger partial charge in [0, 0.05) is 31.0 Å². The van der Waals surface area contributed by atoms with Crippen molar-refractivity contribution in [2.45, 2.75) is 52.1 Å². The number of anilines is 2. The Morgan fingerprint density at radius 1 is 1.25 bits per heavy atom. The zero-order valence-corrected chi connectivity index (χ0v) is 12.7. The van der Waals surface area contributed by atoms with E-state index in [4.69, 9.17) is 0 Å². The van der Waals surface area contributed by atoms with Crippen molar-refractivity contribution in [3.05, 3.63) is 11.9 Å². The van der Waals surface area contributed by atoms with Crippen LogP contribution in [0.5, 0.6) is 0 Å². The van der Waals surface area contributed by atoms with E-state index in [2.05, 4.69) is 41.4 Å². The van der Waals surface area contributed by atoms with E-state index < -0.39 is 0 Å². The van der Waals surface area contributed by atoms with E-state index in [1.54, 1.807) is 0 Å². The van der Waals surface area contributed by atoms with E-state index >= 15 is 0 Å². The fourth-order valence-corrected chi connectivity index (χ4v) is 2.58. The van der Waals surface area contributed by atoms with Crippen molar-refractivity contribution in [2.24, 2.45) is 5.92 Å². The van der Waals surface area contributed by atoms with Gasteiger partial charge in [-0.2, -0.15) is 0 Å². The number of aliphatic hydroxyl groups excluding tert-OH is 1. The molecule has 0 bridgehead atoms. The normalized spacial score (nSPS) is 22.2. The Balaban J connectivity index is 2.05. The second-order valence-corrected chi connectivity index (χ2v) is 5.82. The maximum Gasteiger partial charge on any atom is 0.135 e. The molecule has 1 heterocycles. The summed E-state index contributed by atoms with van der Waals surface area (Å²) in [5.74, 6) is 3.19. The van der Waals surface area contributed by atoms with E-state index in [1.165, 1.54) is 0 Å². The third-order valence-electron chi connectivity index (χ3n) is 3.78. The molecule has 2 atom stereocenters. The predicted octanol–water partition coefficient (Wildman–Crippen LogP) is 2.60. The second kappa shape index (κ2) is 6.88. The van der Waals surface area contributed by atoms with Crippen molar-refractivity contribution >= 4 is 11.6 Å². The molecule has 1 fully saturated rings. The van der Waals surface area contributed by atoms with Crippen LogP contribution >= 0.6 is 0 Å². The molecule has 0 radical (unpaired) electrons. The van der Waals surface area contributed by atoms with Crippen LogP contribution < -0.4 is 10.6 Å². The molecule has 2 rings (SSSR count). The smallest absolute Gasteiger partial charge is 0.135 e. The van der Waals surface area contributed by atoms with Crippen LogP contribution in [0.3, 0.4) is 0 Å². The molecule has 0 amide bonds. The number of nitrogens with zero attached hydrogens (tertiary/aromatic N) is 2. The second-order valence-electron chi connectivity index (χ2n) is 5.82. The summed E-state index contributed by atoms with van der Waals surface area (Å²) >= 11 is 0. The fourth-order valence-electron chi connectivity index (χ4n) is 2.58. The van der Waals surface area contributed by atoms with Gasteiger partial charge in [-0.1, -0.05) is 20.3 Å². The maximum atomic E-state index is 9.86. The Morgan fingerprint density at radius 2 is 1.95 bits per heavy atom. The van der Waals surface area contributed by atoms with Crippen LogP contribution in [0, 0.1) is 5.92 Å². The van der Waals surface area contributed by atoms with Crippen LogP contribution in [-0.2, 0) is 0 Å². The van der Waals surface area contributed by atoms with Crippen molar-refractivity contribution in [2.75, 3.05) is 23.7 Å². The standard InChI is InChI=1S/C15H26N4O/c1-4-16-13-8-14(19-15(18-13)10(2)3)17-9-11-6-5-7-12(11)20/h8,10-12,20H,4-7,9H2,1-3H3,(H2,16,17,18,19). The topological polar surface area (TPSA) is 70.1 Å². The Bertz CT molecular complexity index is 436. The lowest BCUT2D eigenvalue weighted by Crippen LogP contribution is -2.22. The molecule has 5 nitrogen and oxygen atoms in total. The van der Waals surface area contributed by atoms with Gasteiger partial charge in [0.1, 0.15) is 17.5 Å². The maximum absolute atomic E-state index is 9.86. The molecule has 1 saturated carbocycles. The number of hydrogen-bond donors (Lipinski definition) is 3. The molecule has 1 aliphatic rings. The molecule has 1 aromatic heterocycles. The first-order valence-corrected chi connectivity index (χ1v) is 7.65. The van der Waals surface area contributed by atoms with Gasteiger partial charge in [-0.15, -0.1) is 0 Å². The van der Waals surface area contributed by atoms with Crippen LogP contribution in [0.25, 0.3) is 0 Å². The Hall–Kier alpha value is -1.36. The van der Waals surface area contributed by atoms with E-state index in [0.717, 1.165) is 49.8 Å². The SMILES string of the molecule is CCNc1cc(NCC2CCCC2O)nc(C(C)C)n1. The Morgan fingerprint density at radius 3 is 2.50 bits per heavy atom. The van der Waals surface area contributed by atoms with E-state index in [1.807, 2.05) is 6.07 Å². The molecule has 0 spiro atoms. The lowest BCUT2D eigenvalue weighted by Gasteiger charge is -2.17. The minimum atomic E-state index is -0.165. The molecule has 0 saturated heterocycles. The fraction of sp³-hybridized carbons (Fsp3) is 0.733. The highest BCUT2D eigenvalue weighted by Crippen LogP contribution is 2.26. The molecular weight excluding hydrogens is 252 g/mol. The predicted molar refractivity (Wildman–Crippen MR) is 82.1 cm³/mol. The Kier molecular flexibility index (Phi) is 5.17. The first-order valence-electron chi connectivity index (χ1n) is 7.65. The summed E-state index contributed by atoms with van der Waals surface area (Å²) in [4.78, 5) is 9.06. The molecular formula is C15H26N4O. The van der Waals surface area contributed by atoms with Gasteiger partial charge in [0.05, 0.1) is 6.10 Å². The van der Waals surface area contributed by atoms with Gasteiger partial charge < -0.3 is 15.7 Å². The average molecular weight is 278 g/mol. The number of nitrogens with one attached hydrogen (secondary N) is 2. The van der Waals surface area contributed by atoms with Gasteiger partial charge in [-0.25, -0.2) is 9.97 Å². The van der Waals surface area contributed by atoms with Gasteiger partial charge in [0.25, 0.3) is 0 Å². The van der Waals surface area contributed by atoms with Gasteiger partial charge in [-0.05, 0) is 19.8 Å². The summed E-state index contributed by atoms with van der Waals surface area (Å²) in [6.45, 7) is 7.86. The van der Waals surface area contributed by atoms with Gasteiger partial charge in [0.15, 0.2) is 0 Å². The van der Waals surface area contributed by atoms with Crippen LogP contribution in [-0.4, -0.2) is 34.3 Å². The minimum absolute atomic E-state index is 0.165. The zero-order chi connectivity index (χ0) is 14.5. The summed E-state index contributed by atoms with van der Waals surface area (Å²) in [5, 5.41) is 16.5. The number of rotatable bonds is 6. The quantitative estimate of drug-likeness (QED) is 0.746. The first-order chi connectivity index (χ1) is 9.60. The summed E-state index contributed by atoms with van der Waals surface area (Å²) < 4.78 is 0. The third kappa shape index (κ3) is 3.82. The zero-order valence-electron chi connectivity index (χ0n) is 12.7. The monoisotopic (exact) mass is 278 g/mol. The van der Waals surface area contributed by atoms with Gasteiger partial charge in [-0.3, -0.25) is 0 Å². The van der Waals surface area contributed by atoms with Crippen molar-refractivity contribution in [3.8, 4) is 0 Å². The van der Waals surface area contributed by atoms with Gasteiger partial charge in [0.2, 0.25) is 0 Å². The highest BCUT2D eigenvalue weighted by Gasteiger charge is 2.24. The molecule has 5 heteroatoms. The average Bonchev–Trinajstić information content (AvgIpc) is 2.82. The molecule has 20 heavy (non-hydrogen) atoms. The molecule has 1 aromatic rings. The lowest BCUT2D eigenvalue weighted by atomic mass is 10.1. The highest BCUT2D eigenvalue weighted by atomic mass is 16.3. The summed E-state index contributed by atoms with van der Waals surface area (Å²) in [6.07, 6.45) is 2.98. The lowest BCUT2D eigenvalue weighted by molar-refractivity contribution is 0.138. The molecule has 2 unspecified atom stereocenters. The Labute approximate surface area is 121 Å². The largest absolute Gasteiger partial charge is 0.393 e. The third-order valence-corrected chi connectivity index (χ3v) is 3.78. The number of aliphatic hydroxyl groups is 1. The summed E-state index contributed by atoms with van der Waals surface area (Å²) in [6, 6.07) is 1.94. The van der Waals surface area contributed by atoms with E-state index in [9.17, 15) is 5.11 Å². The number of aromatic nitrogens is 2. The van der Waals surface area contributed by atoms with Crippen LogP contribution in [0.15, 0.2) is 6.07 Å². The van der Waals surface area contributed by atoms with Crippen molar-refractivity contribution < 1.29 is 5.11 Å².